The summed E-state index contributed by atoms with van der Waals surface area (Å²) in [5.41, 5.74) is 0.442. The number of anilines is 1. The van der Waals surface area contributed by atoms with Gasteiger partial charge in [-0.15, -0.1) is 0 Å². The van der Waals surface area contributed by atoms with E-state index in [9.17, 15) is 9.90 Å². The molecular weight excluding hydrogens is 288 g/mol. The Morgan fingerprint density at radius 3 is 2.76 bits per heavy atom. The van der Waals surface area contributed by atoms with Gasteiger partial charge in [-0.3, -0.25) is 4.79 Å². The van der Waals surface area contributed by atoms with Gasteiger partial charge in [0, 0.05) is 6.04 Å². The minimum Gasteiger partial charge on any atom is -0.492 e. The average molecular weight is 310 g/mol. The third kappa shape index (κ3) is 2.39. The van der Waals surface area contributed by atoms with Gasteiger partial charge < -0.3 is 15.5 Å². The molecule has 0 aromatic carbocycles. The van der Waals surface area contributed by atoms with Gasteiger partial charge in [-0.2, -0.15) is 4.98 Å². The third-order valence-electron chi connectivity index (χ3n) is 5.65. The van der Waals surface area contributed by atoms with Gasteiger partial charge in [0.15, 0.2) is 5.13 Å². The topological polar surface area (TPSA) is 82.5 Å². The molecule has 0 aliphatic heterocycles. The van der Waals surface area contributed by atoms with Crippen LogP contribution in [0.5, 0.6) is 5.88 Å². The lowest BCUT2D eigenvalue weighted by Gasteiger charge is -2.62. The van der Waals surface area contributed by atoms with Crippen LogP contribution in [0.3, 0.4) is 0 Å². The van der Waals surface area contributed by atoms with Crippen LogP contribution in [0.4, 0.5) is 5.13 Å². The number of thiazole rings is 1. The molecule has 116 valence electrons. The Bertz CT molecular complexity index is 569. The molecule has 1 heterocycles. The lowest BCUT2D eigenvalue weighted by atomic mass is 9.45. The summed E-state index contributed by atoms with van der Waals surface area (Å²) in [6, 6.07) is 0.366. The number of aromatic hydroxyl groups is 1. The fourth-order valence-corrected chi connectivity index (χ4v) is 5.07. The van der Waals surface area contributed by atoms with E-state index in [1.807, 2.05) is 0 Å². The maximum absolute atomic E-state index is 10.7. The Labute approximate surface area is 128 Å². The van der Waals surface area contributed by atoms with E-state index in [0.29, 0.717) is 27.4 Å². The van der Waals surface area contributed by atoms with Crippen LogP contribution in [0.15, 0.2) is 0 Å². The first-order valence-electron chi connectivity index (χ1n) is 7.46. The molecule has 0 amide bonds. The van der Waals surface area contributed by atoms with E-state index in [4.69, 9.17) is 5.11 Å². The SMILES string of the molecule is C[C@@H]1[C@@H](Nc2nc(O)c(CC(=O)O)s2)C[C@H]2C[C@@H]1C2(C)C. The second-order valence-corrected chi connectivity index (χ2v) is 8.13. The summed E-state index contributed by atoms with van der Waals surface area (Å²) < 4.78 is 0. The van der Waals surface area contributed by atoms with Crippen molar-refractivity contribution in [3.05, 3.63) is 4.88 Å². The van der Waals surface area contributed by atoms with Crippen molar-refractivity contribution in [1.82, 2.24) is 4.98 Å². The Hall–Kier alpha value is -1.30. The zero-order valence-corrected chi connectivity index (χ0v) is 13.4. The predicted octanol–water partition coefficient (Wildman–Crippen LogP) is 2.96. The molecule has 6 heteroatoms. The smallest absolute Gasteiger partial charge is 0.308 e. The highest BCUT2D eigenvalue weighted by atomic mass is 32.1. The fraction of sp³-hybridized carbons (Fsp3) is 0.733. The molecule has 1 aromatic rings. The number of fused-ring (bicyclic) bond motifs is 2. The minimum absolute atomic E-state index is 0.154. The van der Waals surface area contributed by atoms with Gasteiger partial charge in [0.05, 0.1) is 11.3 Å². The van der Waals surface area contributed by atoms with Crippen molar-refractivity contribution < 1.29 is 15.0 Å². The second kappa shape index (κ2) is 4.87. The van der Waals surface area contributed by atoms with Crippen LogP contribution in [-0.2, 0) is 11.2 Å². The van der Waals surface area contributed by atoms with E-state index in [1.54, 1.807) is 0 Å². The molecule has 0 saturated heterocycles. The van der Waals surface area contributed by atoms with E-state index in [0.717, 1.165) is 18.3 Å². The predicted molar refractivity (Wildman–Crippen MR) is 81.7 cm³/mol. The highest BCUT2D eigenvalue weighted by Crippen LogP contribution is 2.61. The molecule has 2 bridgehead atoms. The maximum Gasteiger partial charge on any atom is 0.308 e. The van der Waals surface area contributed by atoms with Crippen LogP contribution >= 0.6 is 11.3 Å². The fourth-order valence-electron chi connectivity index (χ4n) is 4.16. The second-order valence-electron chi connectivity index (χ2n) is 7.04. The minimum atomic E-state index is -0.950. The van der Waals surface area contributed by atoms with Crippen LogP contribution in [0.25, 0.3) is 0 Å². The van der Waals surface area contributed by atoms with Gasteiger partial charge in [0.25, 0.3) is 0 Å². The van der Waals surface area contributed by atoms with E-state index < -0.39 is 5.97 Å². The van der Waals surface area contributed by atoms with E-state index in [-0.39, 0.29) is 12.3 Å². The first kappa shape index (κ1) is 14.6. The van der Waals surface area contributed by atoms with E-state index >= 15 is 0 Å². The third-order valence-corrected chi connectivity index (χ3v) is 6.63. The number of hydrogen-bond acceptors (Lipinski definition) is 5. The number of nitrogens with one attached hydrogen (secondary N) is 1. The number of rotatable bonds is 4. The molecule has 21 heavy (non-hydrogen) atoms. The molecule has 4 rings (SSSR count). The standard InChI is InChI=1S/C15H22N2O3S/c1-7-9-4-8(15(9,2)3)5-10(7)16-14-17-13(20)11(21-14)6-12(18)19/h7-10,20H,4-6H2,1-3H3,(H,16,17)(H,18,19)/t7-,8+,9-,10-/m0/s1. The summed E-state index contributed by atoms with van der Waals surface area (Å²) >= 11 is 1.25. The van der Waals surface area contributed by atoms with Gasteiger partial charge in [0.1, 0.15) is 0 Å². The number of carboxylic acid groups (broad SMARTS) is 1. The summed E-state index contributed by atoms with van der Waals surface area (Å²) in [7, 11) is 0. The van der Waals surface area contributed by atoms with E-state index in [2.05, 4.69) is 31.1 Å². The van der Waals surface area contributed by atoms with Crippen molar-refractivity contribution >= 4 is 22.4 Å². The van der Waals surface area contributed by atoms with Gasteiger partial charge in [-0.05, 0) is 36.0 Å². The van der Waals surface area contributed by atoms with Crippen molar-refractivity contribution in [3.8, 4) is 5.88 Å². The maximum atomic E-state index is 10.7. The number of aromatic nitrogens is 1. The summed E-state index contributed by atoms with van der Waals surface area (Å²) in [4.78, 5) is 15.2. The lowest BCUT2D eigenvalue weighted by Crippen LogP contribution is -2.58. The lowest BCUT2D eigenvalue weighted by molar-refractivity contribution is -0.136. The molecule has 0 unspecified atom stereocenters. The normalized spacial score (nSPS) is 33.3. The Morgan fingerprint density at radius 1 is 1.48 bits per heavy atom. The molecule has 3 fully saturated rings. The molecule has 3 aliphatic carbocycles. The number of aliphatic carboxylic acids is 1. The van der Waals surface area contributed by atoms with Gasteiger partial charge >= 0.3 is 5.97 Å². The number of carboxylic acids is 1. The average Bonchev–Trinajstić information content (AvgIpc) is 2.70. The molecular formula is C15H22N2O3S. The van der Waals surface area contributed by atoms with Crippen LogP contribution in [-0.4, -0.2) is 27.2 Å². The molecule has 3 saturated carbocycles. The molecule has 5 nitrogen and oxygen atoms in total. The zero-order chi connectivity index (χ0) is 15.4. The Balaban J connectivity index is 1.69. The summed E-state index contributed by atoms with van der Waals surface area (Å²) in [5.74, 6) is 0.955. The summed E-state index contributed by atoms with van der Waals surface area (Å²) in [6.45, 7) is 7.00. The first-order chi connectivity index (χ1) is 9.79. The molecule has 0 spiro atoms. The monoisotopic (exact) mass is 310 g/mol. The molecule has 1 aromatic heterocycles. The largest absolute Gasteiger partial charge is 0.492 e. The number of hydrogen-bond donors (Lipinski definition) is 3. The van der Waals surface area contributed by atoms with Crippen LogP contribution in [0.1, 0.15) is 38.5 Å². The number of nitrogens with zero attached hydrogens (tertiary/aromatic N) is 1. The highest BCUT2D eigenvalue weighted by molar-refractivity contribution is 7.16. The quantitative estimate of drug-likeness (QED) is 0.796. The van der Waals surface area contributed by atoms with Crippen LogP contribution in [0, 0.1) is 23.2 Å². The zero-order valence-electron chi connectivity index (χ0n) is 12.6. The van der Waals surface area contributed by atoms with Gasteiger partial charge in [-0.25, -0.2) is 0 Å². The van der Waals surface area contributed by atoms with Crippen LogP contribution in [0.2, 0.25) is 0 Å². The molecule has 0 radical (unpaired) electrons. The van der Waals surface area contributed by atoms with Crippen molar-refractivity contribution in [2.24, 2.45) is 23.2 Å². The van der Waals surface area contributed by atoms with Crippen molar-refractivity contribution in [2.75, 3.05) is 5.32 Å². The summed E-state index contributed by atoms with van der Waals surface area (Å²) in [6.07, 6.45) is 2.27. The van der Waals surface area contributed by atoms with Crippen molar-refractivity contribution in [1.29, 1.82) is 0 Å². The van der Waals surface area contributed by atoms with E-state index in [1.165, 1.54) is 17.8 Å². The highest BCUT2D eigenvalue weighted by Gasteiger charge is 2.56. The van der Waals surface area contributed by atoms with Crippen molar-refractivity contribution in [3.63, 3.8) is 0 Å². The molecule has 4 atom stereocenters. The Kier molecular flexibility index (Phi) is 3.39. The Morgan fingerprint density at radius 2 is 2.19 bits per heavy atom. The molecule has 3 aliphatic rings. The molecule has 3 N–H and O–H groups in total. The van der Waals surface area contributed by atoms with Gasteiger partial charge in [-0.1, -0.05) is 32.1 Å². The first-order valence-corrected chi connectivity index (χ1v) is 8.27. The summed E-state index contributed by atoms with van der Waals surface area (Å²) in [5, 5.41) is 22.6. The van der Waals surface area contributed by atoms with Gasteiger partial charge in [0.2, 0.25) is 5.88 Å². The number of carbonyl (C=O) groups is 1. The van der Waals surface area contributed by atoms with Crippen LogP contribution < -0.4 is 5.32 Å². The van der Waals surface area contributed by atoms with Crippen molar-refractivity contribution in [2.45, 2.75) is 46.1 Å².